The Morgan fingerprint density at radius 2 is 1.77 bits per heavy atom. The van der Waals surface area contributed by atoms with E-state index in [1.807, 2.05) is 37.3 Å². The van der Waals surface area contributed by atoms with Gasteiger partial charge in [-0.25, -0.2) is 0 Å². The Morgan fingerprint density at radius 1 is 1.00 bits per heavy atom. The van der Waals surface area contributed by atoms with E-state index in [1.54, 1.807) is 36.4 Å². The number of carbonyl (C=O) groups is 2. The third kappa shape index (κ3) is 6.07. The van der Waals surface area contributed by atoms with Gasteiger partial charge in [-0.3, -0.25) is 24.6 Å². The number of rotatable bonds is 9. The Bertz CT molecular complexity index is 1290. The van der Waals surface area contributed by atoms with Gasteiger partial charge in [-0.15, -0.1) is 0 Å². The van der Waals surface area contributed by atoms with Crippen LogP contribution >= 0.6 is 11.8 Å². The maximum absolute atomic E-state index is 12.9. The van der Waals surface area contributed by atoms with Crippen LogP contribution in [0.5, 0.6) is 11.5 Å². The summed E-state index contributed by atoms with van der Waals surface area (Å²) in [5.74, 6) is 0.838. The van der Waals surface area contributed by atoms with Crippen LogP contribution < -0.4 is 9.47 Å². The summed E-state index contributed by atoms with van der Waals surface area (Å²) in [6, 6.07) is 20.8. The molecule has 3 aromatic carbocycles. The van der Waals surface area contributed by atoms with Gasteiger partial charge in [-0.05, 0) is 66.2 Å². The minimum atomic E-state index is -0.457. The fourth-order valence-electron chi connectivity index (χ4n) is 3.40. The minimum absolute atomic E-state index is 0.00848. The molecule has 0 aromatic heterocycles. The number of para-hydroxylation sites is 1. The molecule has 1 fully saturated rings. The minimum Gasteiger partial charge on any atom is -0.492 e. The molecule has 8 nitrogen and oxygen atoms in total. The van der Waals surface area contributed by atoms with Crippen molar-refractivity contribution in [3.05, 3.63) is 105 Å². The molecule has 0 bridgehead atoms. The van der Waals surface area contributed by atoms with E-state index in [9.17, 15) is 19.7 Å². The number of amides is 2. The summed E-state index contributed by atoms with van der Waals surface area (Å²) < 4.78 is 11.6. The predicted octanol–water partition coefficient (Wildman–Crippen LogP) is 5.60. The number of aryl methyl sites for hydroxylation is 1. The highest BCUT2D eigenvalue weighted by molar-refractivity contribution is 8.18. The Hall–Kier alpha value is -4.11. The average Bonchev–Trinajstić information content (AvgIpc) is 3.11. The van der Waals surface area contributed by atoms with Crippen molar-refractivity contribution in [1.82, 2.24) is 4.90 Å². The maximum Gasteiger partial charge on any atom is 0.293 e. The number of nitrogens with zero attached hydrogens (tertiary/aromatic N) is 2. The first-order valence-corrected chi connectivity index (χ1v) is 11.6. The van der Waals surface area contributed by atoms with Crippen LogP contribution in [0.2, 0.25) is 0 Å². The molecule has 1 aliphatic rings. The van der Waals surface area contributed by atoms with Gasteiger partial charge in [0.15, 0.2) is 0 Å². The molecule has 2 amide bonds. The number of hydrogen-bond acceptors (Lipinski definition) is 7. The van der Waals surface area contributed by atoms with Gasteiger partial charge >= 0.3 is 0 Å². The van der Waals surface area contributed by atoms with Gasteiger partial charge in [0.2, 0.25) is 0 Å². The first-order valence-electron chi connectivity index (χ1n) is 10.8. The van der Waals surface area contributed by atoms with Crippen molar-refractivity contribution in [3.8, 4) is 11.5 Å². The van der Waals surface area contributed by atoms with Gasteiger partial charge in [0.25, 0.3) is 16.8 Å². The van der Waals surface area contributed by atoms with Gasteiger partial charge < -0.3 is 9.47 Å². The van der Waals surface area contributed by atoms with Crippen molar-refractivity contribution < 1.29 is 24.0 Å². The second-order valence-corrected chi connectivity index (χ2v) is 8.74. The Balaban J connectivity index is 1.40. The zero-order valence-electron chi connectivity index (χ0n) is 18.9. The molecule has 1 aliphatic heterocycles. The molecule has 0 aliphatic carbocycles. The van der Waals surface area contributed by atoms with Gasteiger partial charge in [-0.1, -0.05) is 30.3 Å². The summed E-state index contributed by atoms with van der Waals surface area (Å²) in [4.78, 5) is 37.1. The molecule has 0 spiro atoms. The lowest BCUT2D eigenvalue weighted by atomic mass is 10.1. The summed E-state index contributed by atoms with van der Waals surface area (Å²) in [6.07, 6.45) is 1.64. The highest BCUT2D eigenvalue weighted by Crippen LogP contribution is 2.34. The van der Waals surface area contributed by atoms with E-state index in [-0.39, 0.29) is 36.6 Å². The number of nitro groups is 1. The highest BCUT2D eigenvalue weighted by Gasteiger charge is 2.35. The molecule has 0 saturated carbocycles. The van der Waals surface area contributed by atoms with Crippen LogP contribution in [0.15, 0.2) is 77.7 Å². The lowest BCUT2D eigenvalue weighted by Crippen LogP contribution is -2.32. The lowest BCUT2D eigenvalue weighted by Gasteiger charge is -2.13. The maximum atomic E-state index is 12.9. The zero-order chi connectivity index (χ0) is 24.8. The van der Waals surface area contributed by atoms with Crippen molar-refractivity contribution in [3.63, 3.8) is 0 Å². The van der Waals surface area contributed by atoms with Crippen LogP contribution in [0.25, 0.3) is 6.08 Å². The third-order valence-corrected chi connectivity index (χ3v) is 6.10. The molecule has 1 saturated heterocycles. The van der Waals surface area contributed by atoms with E-state index in [0.717, 1.165) is 22.9 Å². The van der Waals surface area contributed by atoms with E-state index in [2.05, 4.69) is 0 Å². The van der Waals surface area contributed by atoms with Gasteiger partial charge in [0, 0.05) is 17.7 Å². The molecule has 178 valence electrons. The average molecular weight is 491 g/mol. The number of ether oxygens (including phenoxy) is 2. The highest BCUT2D eigenvalue weighted by atomic mass is 32.2. The number of imide groups is 1. The van der Waals surface area contributed by atoms with Crippen LogP contribution in [0, 0.1) is 17.0 Å². The van der Waals surface area contributed by atoms with Crippen LogP contribution in [0.3, 0.4) is 0 Å². The Labute approximate surface area is 206 Å². The number of hydrogen-bond donors (Lipinski definition) is 0. The summed E-state index contributed by atoms with van der Waals surface area (Å²) in [6.45, 7) is 2.50. The number of nitro benzene ring substituents is 1. The first-order chi connectivity index (χ1) is 16.9. The molecule has 0 radical (unpaired) electrons. The standard InChI is InChI=1S/C26H22N2O6S/c1-18-5-4-7-22(15-18)33-14-13-27-25(29)24(35-26(27)30)16-20-6-2-3-8-23(20)34-17-19-9-11-21(12-10-19)28(31)32/h2-12,15-16H,13-14,17H2,1H3/b24-16-. The largest absolute Gasteiger partial charge is 0.492 e. The normalized spacial score (nSPS) is 14.4. The summed E-state index contributed by atoms with van der Waals surface area (Å²) in [7, 11) is 0. The smallest absolute Gasteiger partial charge is 0.293 e. The van der Waals surface area contributed by atoms with Crippen LogP contribution in [0.4, 0.5) is 10.5 Å². The van der Waals surface area contributed by atoms with Gasteiger partial charge in [0.1, 0.15) is 24.7 Å². The third-order valence-electron chi connectivity index (χ3n) is 5.19. The number of carbonyl (C=O) groups excluding carboxylic acids is 2. The van der Waals surface area contributed by atoms with E-state index in [1.165, 1.54) is 17.0 Å². The van der Waals surface area contributed by atoms with Crippen molar-refractivity contribution >= 4 is 34.7 Å². The Kier molecular flexibility index (Phi) is 7.47. The molecule has 0 unspecified atom stereocenters. The zero-order valence-corrected chi connectivity index (χ0v) is 19.7. The van der Waals surface area contributed by atoms with Gasteiger partial charge in [0.05, 0.1) is 16.4 Å². The summed E-state index contributed by atoms with van der Waals surface area (Å²) >= 11 is 0.876. The second-order valence-electron chi connectivity index (χ2n) is 7.75. The lowest BCUT2D eigenvalue weighted by molar-refractivity contribution is -0.384. The topological polar surface area (TPSA) is 99.0 Å². The summed E-state index contributed by atoms with van der Waals surface area (Å²) in [5.41, 5.74) is 2.48. The molecular weight excluding hydrogens is 468 g/mol. The molecule has 9 heteroatoms. The van der Waals surface area contributed by atoms with Crippen molar-refractivity contribution in [2.45, 2.75) is 13.5 Å². The van der Waals surface area contributed by atoms with Crippen molar-refractivity contribution in [2.24, 2.45) is 0 Å². The predicted molar refractivity (Wildman–Crippen MR) is 133 cm³/mol. The number of benzene rings is 3. The van der Waals surface area contributed by atoms with E-state index < -0.39 is 4.92 Å². The van der Waals surface area contributed by atoms with E-state index >= 15 is 0 Å². The van der Waals surface area contributed by atoms with E-state index in [0.29, 0.717) is 22.0 Å². The molecule has 0 N–H and O–H groups in total. The second kappa shape index (κ2) is 10.9. The van der Waals surface area contributed by atoms with E-state index in [4.69, 9.17) is 9.47 Å². The van der Waals surface area contributed by atoms with Crippen molar-refractivity contribution in [1.29, 1.82) is 0 Å². The molecule has 0 atom stereocenters. The molecule has 4 rings (SSSR count). The molecule has 3 aromatic rings. The fraction of sp³-hybridized carbons (Fsp3) is 0.154. The van der Waals surface area contributed by atoms with Crippen molar-refractivity contribution in [2.75, 3.05) is 13.2 Å². The summed E-state index contributed by atoms with van der Waals surface area (Å²) in [5, 5.41) is 10.5. The molecular formula is C26H22N2O6S. The number of thioether (sulfide) groups is 1. The Morgan fingerprint density at radius 3 is 2.51 bits per heavy atom. The quantitative estimate of drug-likeness (QED) is 0.219. The van der Waals surface area contributed by atoms with Crippen LogP contribution in [-0.4, -0.2) is 34.1 Å². The first kappa shape index (κ1) is 24.0. The van der Waals surface area contributed by atoms with Gasteiger partial charge in [-0.2, -0.15) is 0 Å². The fourth-order valence-corrected chi connectivity index (χ4v) is 4.26. The van der Waals surface area contributed by atoms with Crippen LogP contribution in [-0.2, 0) is 11.4 Å². The monoisotopic (exact) mass is 490 g/mol. The molecule has 35 heavy (non-hydrogen) atoms. The molecule has 1 heterocycles. The number of non-ortho nitro benzene ring substituents is 1. The SMILES string of the molecule is Cc1cccc(OCCN2C(=O)S/C(=C\c3ccccc3OCc3ccc([N+](=O)[O-])cc3)C2=O)c1. The van der Waals surface area contributed by atoms with Crippen LogP contribution in [0.1, 0.15) is 16.7 Å².